The first-order chi connectivity index (χ1) is 10.4. The number of nitrogens with two attached hydrogens (primary N) is 1. The number of rotatable bonds is 4. The highest BCUT2D eigenvalue weighted by molar-refractivity contribution is 5.40. The molecular weight excluding hydrogens is 278 g/mol. The van der Waals surface area contributed by atoms with Crippen LogP contribution in [0.15, 0.2) is 24.3 Å². The van der Waals surface area contributed by atoms with Crippen molar-refractivity contribution in [3.63, 3.8) is 0 Å². The van der Waals surface area contributed by atoms with E-state index in [4.69, 9.17) is 20.3 Å². The van der Waals surface area contributed by atoms with E-state index >= 15 is 0 Å². The molecule has 1 aliphatic rings. The van der Waals surface area contributed by atoms with Gasteiger partial charge in [0.2, 0.25) is 0 Å². The first-order valence-corrected chi connectivity index (χ1v) is 8.03. The van der Waals surface area contributed by atoms with Crippen molar-refractivity contribution in [2.45, 2.75) is 51.0 Å². The van der Waals surface area contributed by atoms with Crippen LogP contribution in [0.1, 0.15) is 45.6 Å². The van der Waals surface area contributed by atoms with Crippen molar-refractivity contribution in [2.24, 2.45) is 5.73 Å². The van der Waals surface area contributed by atoms with Crippen LogP contribution in [0, 0.1) is 0 Å². The van der Waals surface area contributed by atoms with Crippen molar-refractivity contribution in [3.8, 4) is 5.75 Å². The maximum absolute atomic E-state index is 7.57. The van der Waals surface area contributed by atoms with Crippen molar-refractivity contribution in [1.29, 1.82) is 0 Å². The van der Waals surface area contributed by atoms with Crippen LogP contribution in [-0.4, -0.2) is 37.6 Å². The van der Waals surface area contributed by atoms with E-state index < -0.39 is 0 Å². The second kappa shape index (κ2) is 8.51. The summed E-state index contributed by atoms with van der Waals surface area (Å²) in [7, 11) is 1.74. The fourth-order valence-electron chi connectivity index (χ4n) is 3.41. The van der Waals surface area contributed by atoms with Gasteiger partial charge in [0.05, 0.1) is 12.7 Å². The highest BCUT2D eigenvalue weighted by Crippen LogP contribution is 2.46. The average Bonchev–Trinajstić information content (AvgIpc) is 2.47. The Morgan fingerprint density at radius 3 is 2.50 bits per heavy atom. The zero-order chi connectivity index (χ0) is 16.6. The lowest BCUT2D eigenvalue weighted by Crippen LogP contribution is -2.45. The summed E-state index contributed by atoms with van der Waals surface area (Å²) in [6, 6.07) is 8.31. The van der Waals surface area contributed by atoms with Gasteiger partial charge < -0.3 is 20.3 Å². The van der Waals surface area contributed by atoms with Crippen LogP contribution in [-0.2, 0) is 10.2 Å². The molecule has 4 heteroatoms. The summed E-state index contributed by atoms with van der Waals surface area (Å²) in [5.41, 5.74) is 7.13. The topological polar surface area (TPSA) is 64.7 Å². The first kappa shape index (κ1) is 18.9. The lowest BCUT2D eigenvalue weighted by Gasteiger charge is -2.45. The predicted molar refractivity (Wildman–Crippen MR) is 90.4 cm³/mol. The van der Waals surface area contributed by atoms with Gasteiger partial charge in [-0.15, -0.1) is 0 Å². The molecule has 3 N–H and O–H groups in total. The van der Waals surface area contributed by atoms with Gasteiger partial charge in [0.15, 0.2) is 0 Å². The number of hydrogen-bond donors (Lipinski definition) is 2. The van der Waals surface area contributed by atoms with Crippen molar-refractivity contribution in [3.05, 3.63) is 29.8 Å². The zero-order valence-corrected chi connectivity index (χ0v) is 14.4. The number of benzene rings is 1. The van der Waals surface area contributed by atoms with E-state index in [2.05, 4.69) is 26.0 Å². The minimum Gasteiger partial charge on any atom is -0.496 e. The standard InChI is InChI=1S/C16H25NO2.C2H6O/c1-15(2)12-16(8-10-17,9-11-19-15)13-6-4-5-7-14(13)18-3;1-2-3/h4-7H,8-12,17H2,1-3H3;3H,2H2,1H3. The Balaban J connectivity index is 0.000000745. The van der Waals surface area contributed by atoms with E-state index in [0.29, 0.717) is 6.54 Å². The van der Waals surface area contributed by atoms with Crippen LogP contribution < -0.4 is 10.5 Å². The van der Waals surface area contributed by atoms with Crippen LogP contribution in [0.25, 0.3) is 0 Å². The van der Waals surface area contributed by atoms with Gasteiger partial charge in [0.1, 0.15) is 5.75 Å². The highest BCUT2D eigenvalue weighted by atomic mass is 16.5. The second-order valence-electron chi connectivity index (χ2n) is 6.37. The molecule has 0 aromatic heterocycles. The number of para-hydroxylation sites is 1. The van der Waals surface area contributed by atoms with Crippen LogP contribution in [0.3, 0.4) is 0 Å². The van der Waals surface area contributed by atoms with E-state index in [1.54, 1.807) is 14.0 Å². The molecule has 22 heavy (non-hydrogen) atoms. The highest BCUT2D eigenvalue weighted by Gasteiger charge is 2.42. The maximum atomic E-state index is 7.57. The molecule has 0 saturated carbocycles. The van der Waals surface area contributed by atoms with E-state index in [0.717, 1.165) is 31.6 Å². The van der Waals surface area contributed by atoms with Gasteiger partial charge in [0, 0.05) is 24.2 Å². The van der Waals surface area contributed by atoms with Gasteiger partial charge >= 0.3 is 0 Å². The van der Waals surface area contributed by atoms with Gasteiger partial charge in [-0.3, -0.25) is 0 Å². The third-order valence-electron chi connectivity index (χ3n) is 4.14. The van der Waals surface area contributed by atoms with Crippen LogP contribution in [0.5, 0.6) is 5.75 Å². The lowest BCUT2D eigenvalue weighted by molar-refractivity contribution is -0.0839. The SMILES string of the molecule is CCO.COc1ccccc1C1(CCN)CCOC(C)(C)C1. The molecular formula is C18H31NO3. The summed E-state index contributed by atoms with van der Waals surface area (Å²) in [4.78, 5) is 0. The third kappa shape index (κ3) is 4.70. The molecule has 0 aliphatic carbocycles. The molecule has 0 spiro atoms. The van der Waals surface area contributed by atoms with Crippen LogP contribution >= 0.6 is 0 Å². The molecule has 0 radical (unpaired) electrons. The Bertz CT molecular complexity index is 444. The van der Waals surface area contributed by atoms with E-state index in [9.17, 15) is 0 Å². The normalized spacial score (nSPS) is 23.4. The summed E-state index contributed by atoms with van der Waals surface area (Å²) in [5.74, 6) is 0.966. The number of aliphatic hydroxyl groups is 1. The number of hydrogen-bond acceptors (Lipinski definition) is 4. The Kier molecular flexibility index (Phi) is 7.33. The summed E-state index contributed by atoms with van der Waals surface area (Å²) >= 11 is 0. The molecule has 2 rings (SSSR count). The Labute approximate surface area is 134 Å². The van der Waals surface area contributed by atoms with Gasteiger partial charge in [-0.2, -0.15) is 0 Å². The van der Waals surface area contributed by atoms with Gasteiger partial charge in [0.25, 0.3) is 0 Å². The number of aliphatic hydroxyl groups excluding tert-OH is 1. The summed E-state index contributed by atoms with van der Waals surface area (Å²) in [6.45, 7) is 7.72. The molecule has 1 unspecified atom stereocenters. The van der Waals surface area contributed by atoms with Crippen molar-refractivity contribution in [1.82, 2.24) is 0 Å². The zero-order valence-electron chi connectivity index (χ0n) is 14.4. The first-order valence-electron chi connectivity index (χ1n) is 8.03. The third-order valence-corrected chi connectivity index (χ3v) is 4.14. The molecule has 0 bridgehead atoms. The Morgan fingerprint density at radius 2 is 1.95 bits per heavy atom. The van der Waals surface area contributed by atoms with Crippen molar-refractivity contribution in [2.75, 3.05) is 26.9 Å². The summed E-state index contributed by atoms with van der Waals surface area (Å²) in [5, 5.41) is 7.57. The molecule has 4 nitrogen and oxygen atoms in total. The van der Waals surface area contributed by atoms with Crippen molar-refractivity contribution < 1.29 is 14.6 Å². The largest absolute Gasteiger partial charge is 0.496 e. The fourth-order valence-corrected chi connectivity index (χ4v) is 3.41. The smallest absolute Gasteiger partial charge is 0.122 e. The monoisotopic (exact) mass is 309 g/mol. The Morgan fingerprint density at radius 1 is 1.32 bits per heavy atom. The van der Waals surface area contributed by atoms with Crippen molar-refractivity contribution >= 4 is 0 Å². The molecule has 0 amide bonds. The minimum absolute atomic E-state index is 0.0725. The predicted octanol–water partition coefficient (Wildman–Crippen LogP) is 2.87. The van der Waals surface area contributed by atoms with E-state index in [-0.39, 0.29) is 17.6 Å². The molecule has 1 saturated heterocycles. The number of methoxy groups -OCH3 is 1. The van der Waals surface area contributed by atoms with Gasteiger partial charge in [-0.05, 0) is 52.6 Å². The minimum atomic E-state index is -0.103. The summed E-state index contributed by atoms with van der Waals surface area (Å²) < 4.78 is 11.4. The second-order valence-corrected chi connectivity index (χ2v) is 6.37. The molecule has 1 atom stereocenters. The molecule has 1 heterocycles. The van der Waals surface area contributed by atoms with E-state index in [1.807, 2.05) is 12.1 Å². The molecule has 1 aromatic carbocycles. The average molecular weight is 309 g/mol. The fraction of sp³-hybridized carbons (Fsp3) is 0.667. The quantitative estimate of drug-likeness (QED) is 0.897. The molecule has 126 valence electrons. The van der Waals surface area contributed by atoms with Crippen LogP contribution in [0.2, 0.25) is 0 Å². The maximum Gasteiger partial charge on any atom is 0.122 e. The molecule has 1 aliphatic heterocycles. The lowest BCUT2D eigenvalue weighted by atomic mass is 9.67. The molecule has 1 aromatic rings. The molecule has 1 fully saturated rings. The van der Waals surface area contributed by atoms with E-state index in [1.165, 1.54) is 5.56 Å². The summed E-state index contributed by atoms with van der Waals surface area (Å²) in [6.07, 6.45) is 2.96. The van der Waals surface area contributed by atoms with Crippen LogP contribution in [0.4, 0.5) is 0 Å². The number of ether oxygens (including phenoxy) is 2. The van der Waals surface area contributed by atoms with Gasteiger partial charge in [-0.25, -0.2) is 0 Å². The Hall–Kier alpha value is -1.10. The van der Waals surface area contributed by atoms with Gasteiger partial charge in [-0.1, -0.05) is 18.2 Å².